The van der Waals surface area contributed by atoms with Crippen LogP contribution in [0.25, 0.3) is 0 Å². The Morgan fingerprint density at radius 2 is 0.520 bits per heavy atom. The van der Waals surface area contributed by atoms with Gasteiger partial charge in [0.2, 0.25) is 0 Å². The summed E-state index contributed by atoms with van der Waals surface area (Å²) in [6.45, 7) is 20.3. The second kappa shape index (κ2) is 41.8. The summed E-state index contributed by atoms with van der Waals surface area (Å²) in [4.78, 5) is 64.6. The molecule has 12 nitrogen and oxygen atoms in total. The number of Topliss-reactive ketones (excluding diaryl/α,β-unsaturated/α-hetero) is 3. The third-order valence-corrected chi connectivity index (χ3v) is 8.31. The van der Waals surface area contributed by atoms with Crippen LogP contribution in [0.5, 0.6) is 0 Å². The van der Waals surface area contributed by atoms with E-state index < -0.39 is 34.2 Å². The van der Waals surface area contributed by atoms with Crippen LogP contribution in [0, 0.1) is 16.2 Å². The third kappa shape index (κ3) is 28.0. The van der Waals surface area contributed by atoms with E-state index in [4.69, 9.17) is 0 Å². The van der Waals surface area contributed by atoms with Crippen molar-refractivity contribution in [3.63, 3.8) is 0 Å². The predicted octanol–water partition coefficient (Wildman–Crippen LogP) is 0.0739. The molecule has 0 rings (SSSR count). The maximum atomic E-state index is 10.9. The van der Waals surface area contributed by atoms with Crippen LogP contribution in [0.15, 0.2) is 0 Å². The van der Waals surface area contributed by atoms with Crippen LogP contribution in [0.1, 0.15) is 160 Å². The Labute approximate surface area is 324 Å². The van der Waals surface area contributed by atoms with Crippen LogP contribution in [0.4, 0.5) is 0 Å². The van der Waals surface area contributed by atoms with Crippen molar-refractivity contribution >= 4 is 70.0 Å². The van der Waals surface area contributed by atoms with Crippen LogP contribution < -0.4 is 30.6 Å². The van der Waals surface area contributed by atoms with Gasteiger partial charge in [0.05, 0.1) is 34.2 Å². The number of hydrogen-bond donors (Lipinski definition) is 0. The van der Waals surface area contributed by atoms with E-state index in [-0.39, 0.29) is 71.9 Å². The molecule has 0 aliphatic heterocycles. The number of unbranched alkanes of at least 4 members (excludes halogenated alkanes) is 3. The Bertz CT molecular complexity index is 689. The summed E-state index contributed by atoms with van der Waals surface area (Å²) in [6, 6.07) is 0. The molecule has 0 aromatic rings. The predicted molar refractivity (Wildman–Crippen MR) is 187 cm³/mol. The molecule has 0 atom stereocenters. The average Bonchev–Trinajstić information content (AvgIpc) is 3.02. The smallest absolute Gasteiger partial charge is 0.854 e. The molecule has 0 unspecified atom stereocenters. The summed E-state index contributed by atoms with van der Waals surface area (Å²) in [5, 5.41) is 60.4. The molecule has 0 fully saturated rings. The summed E-state index contributed by atoms with van der Waals surface area (Å²) in [6.07, 6.45) is 7.43. The molecule has 0 radical (unpaired) electrons. The largest absolute Gasteiger partial charge is 3.00 e. The molecular formula is C36H66Al2O12. The van der Waals surface area contributed by atoms with Crippen LogP contribution in [-0.2, 0) is 28.8 Å². The Balaban J connectivity index is -0.0000000725. The zero-order valence-corrected chi connectivity index (χ0v) is 35.5. The van der Waals surface area contributed by atoms with Crippen molar-refractivity contribution < 1.29 is 59.4 Å². The molecular weight excluding hydrogens is 678 g/mol. The van der Waals surface area contributed by atoms with Crippen molar-refractivity contribution in [3.8, 4) is 0 Å². The first-order valence-corrected chi connectivity index (χ1v) is 17.2. The van der Waals surface area contributed by atoms with Crippen molar-refractivity contribution in [2.75, 3.05) is 19.8 Å². The van der Waals surface area contributed by atoms with E-state index in [1.807, 2.05) is 20.8 Å². The van der Waals surface area contributed by atoms with Crippen molar-refractivity contribution in [2.24, 2.45) is 16.2 Å². The molecule has 0 aliphatic carbocycles. The normalized spacial score (nSPS) is 9.90. The summed E-state index contributed by atoms with van der Waals surface area (Å²) >= 11 is 0. The molecule has 0 saturated carbocycles. The fourth-order valence-electron chi connectivity index (χ4n) is 3.97. The second-order valence-corrected chi connectivity index (χ2v) is 11.1. The first-order chi connectivity index (χ1) is 22.3. The summed E-state index contributed by atoms with van der Waals surface area (Å²) < 4.78 is 0. The number of hydrogen-bond acceptors (Lipinski definition) is 12. The van der Waals surface area contributed by atoms with Gasteiger partial charge >= 0.3 is 34.7 Å². The van der Waals surface area contributed by atoms with Gasteiger partial charge in [0.15, 0.2) is 0 Å². The van der Waals surface area contributed by atoms with Crippen molar-refractivity contribution in [2.45, 2.75) is 160 Å². The van der Waals surface area contributed by atoms with E-state index in [1.54, 1.807) is 41.5 Å². The van der Waals surface area contributed by atoms with Gasteiger partial charge in [-0.3, -0.25) is 14.4 Å². The van der Waals surface area contributed by atoms with E-state index >= 15 is 0 Å². The van der Waals surface area contributed by atoms with E-state index in [0.29, 0.717) is 38.5 Å². The van der Waals surface area contributed by atoms with Crippen LogP contribution in [-0.4, -0.2) is 89.8 Å². The quantitative estimate of drug-likeness (QED) is 0.134. The number of carbonyl (C=O) groups excluding carboxylic acids is 6. The number of ketones is 3. The third-order valence-electron chi connectivity index (χ3n) is 8.31. The van der Waals surface area contributed by atoms with Gasteiger partial charge in [-0.2, -0.15) is 0 Å². The van der Waals surface area contributed by atoms with Crippen molar-refractivity contribution in [3.05, 3.63) is 0 Å². The minimum Gasteiger partial charge on any atom is -0.854 e. The number of rotatable bonds is 18. The zero-order chi connectivity index (χ0) is 39.6. The molecule has 14 heteroatoms. The molecule has 0 N–H and O–H groups in total. The van der Waals surface area contributed by atoms with Gasteiger partial charge in [-0.05, 0) is 59.3 Å². The Morgan fingerprint density at radius 1 is 0.380 bits per heavy atom. The van der Waals surface area contributed by atoms with Gasteiger partial charge in [0.25, 0.3) is 0 Å². The molecule has 0 spiro atoms. The molecule has 0 bridgehead atoms. The average molecular weight is 745 g/mol. The topological polar surface area (TPSA) is 241 Å². The second-order valence-electron chi connectivity index (χ2n) is 11.1. The van der Waals surface area contributed by atoms with Gasteiger partial charge in [-0.15, -0.1) is 19.8 Å². The number of carboxylic acid groups (broad SMARTS) is 3. The molecule has 0 heterocycles. The maximum Gasteiger partial charge on any atom is 3.00 e. The van der Waals surface area contributed by atoms with Gasteiger partial charge in [-0.25, -0.2) is 0 Å². The van der Waals surface area contributed by atoms with E-state index in [0.717, 1.165) is 38.5 Å². The number of aliphatic carboxylic acids is 3. The SMILES string of the molecule is CCC(CC)(C(C)=O)C(=O)[O-].CCC(CC)(C(C)=O)C(=O)[O-].CCC(CC)(C(C)=O)C(=O)[O-].CCCC[O-].CCCC[O-].CCCC[O-].[Al+3].[Al+3]. The fraction of sp³-hybridized carbons (Fsp3) is 0.833. The minimum atomic E-state index is -1.25. The summed E-state index contributed by atoms with van der Waals surface area (Å²) in [5.74, 6) is -4.72. The minimum absolute atomic E-state index is 0. The Kier molecular flexibility index (Phi) is 55.6. The summed E-state index contributed by atoms with van der Waals surface area (Å²) in [5.41, 5.74) is -3.75. The van der Waals surface area contributed by atoms with Gasteiger partial charge < -0.3 is 45.0 Å². The van der Waals surface area contributed by atoms with Crippen LogP contribution >= 0.6 is 0 Å². The van der Waals surface area contributed by atoms with E-state index in [1.165, 1.54) is 20.8 Å². The van der Waals surface area contributed by atoms with Gasteiger partial charge in [-0.1, -0.05) is 101 Å². The van der Waals surface area contributed by atoms with Gasteiger partial charge in [0.1, 0.15) is 17.3 Å². The molecule has 0 aromatic heterocycles. The molecule has 0 saturated heterocycles. The van der Waals surface area contributed by atoms with E-state index in [9.17, 15) is 59.4 Å². The van der Waals surface area contributed by atoms with Crippen LogP contribution in [0.3, 0.4) is 0 Å². The number of carbonyl (C=O) groups is 6. The maximum absolute atomic E-state index is 10.9. The Hall–Kier alpha value is -1.64. The van der Waals surface area contributed by atoms with Gasteiger partial charge in [0, 0.05) is 0 Å². The Morgan fingerprint density at radius 3 is 0.520 bits per heavy atom. The van der Waals surface area contributed by atoms with Crippen molar-refractivity contribution in [1.82, 2.24) is 0 Å². The van der Waals surface area contributed by atoms with Crippen molar-refractivity contribution in [1.29, 1.82) is 0 Å². The molecule has 0 amide bonds. The number of carboxylic acids is 3. The first-order valence-electron chi connectivity index (χ1n) is 17.2. The zero-order valence-electron chi connectivity index (χ0n) is 33.2. The van der Waals surface area contributed by atoms with E-state index in [2.05, 4.69) is 0 Å². The standard InChI is InChI=1S/3C8H14O3.3C4H9O.2Al/c3*1-4-8(5-2,6(3)9)7(10)11;3*1-2-3-4-5;;/h3*4-5H2,1-3H3,(H,10,11);3*2-4H2,1H3;;/q;;;3*-1;2*+3/p-3. The van der Waals surface area contributed by atoms with Crippen LogP contribution in [0.2, 0.25) is 0 Å². The molecule has 288 valence electrons. The fourth-order valence-corrected chi connectivity index (χ4v) is 3.97. The first kappa shape index (κ1) is 66.6. The molecule has 0 aromatic carbocycles. The molecule has 0 aliphatic rings. The molecule has 50 heavy (non-hydrogen) atoms. The summed E-state index contributed by atoms with van der Waals surface area (Å²) in [7, 11) is 0. The monoisotopic (exact) mass is 744 g/mol.